The number of carbonyl (C=O) groups is 2. The van der Waals surface area contributed by atoms with Gasteiger partial charge in [0.2, 0.25) is 0 Å². The van der Waals surface area contributed by atoms with Crippen LogP contribution in [0.25, 0.3) is 0 Å². The first kappa shape index (κ1) is 26.6. The van der Waals surface area contributed by atoms with E-state index < -0.39 is 11.9 Å². The van der Waals surface area contributed by atoms with E-state index in [0.717, 1.165) is 32.1 Å². The topological polar surface area (TPSA) is 91.3 Å². The van der Waals surface area contributed by atoms with Gasteiger partial charge in [0.15, 0.2) is 0 Å². The second-order valence-corrected chi connectivity index (χ2v) is 9.35. The van der Waals surface area contributed by atoms with Crippen LogP contribution < -0.4 is 0 Å². The number of carbonyl (C=O) groups excluding carboxylic acids is 2. The second-order valence-electron chi connectivity index (χ2n) is 8.57. The molecule has 1 unspecified atom stereocenters. The van der Waals surface area contributed by atoms with E-state index in [4.69, 9.17) is 14.7 Å². The Hall–Kier alpha value is -1.61. The fraction of sp³-hybridized carbons (Fsp3) is 0.667. The molecule has 0 heterocycles. The lowest BCUT2D eigenvalue weighted by molar-refractivity contribution is -0.432. The minimum Gasteiger partial charge on any atom is -0.462 e. The average Bonchev–Trinajstić information content (AvgIpc) is 2.81. The van der Waals surface area contributed by atoms with E-state index in [1.807, 2.05) is 0 Å². The fourth-order valence-electron chi connectivity index (χ4n) is 3.95. The molecule has 7 nitrogen and oxygen atoms in total. The molecule has 1 aromatic carbocycles. The van der Waals surface area contributed by atoms with Crippen LogP contribution in [-0.4, -0.2) is 30.4 Å². The zero-order chi connectivity index (χ0) is 23.2. The minimum absolute atomic E-state index is 0.219. The van der Waals surface area contributed by atoms with Crippen molar-refractivity contribution in [3.8, 4) is 0 Å². The maximum atomic E-state index is 12.6. The van der Waals surface area contributed by atoms with Gasteiger partial charge >= 0.3 is 11.9 Å². The van der Waals surface area contributed by atoms with Crippen LogP contribution in [0.15, 0.2) is 23.1 Å². The highest BCUT2D eigenvalue weighted by Crippen LogP contribution is 2.27. The lowest BCUT2D eigenvalue weighted by Gasteiger charge is -2.21. The van der Waals surface area contributed by atoms with Crippen molar-refractivity contribution in [2.24, 2.45) is 11.8 Å². The predicted octanol–water partition coefficient (Wildman–Crippen LogP) is 6.62. The molecule has 0 amide bonds. The SMILES string of the molecule is CCCCC(C)CCOC(=O)c1cc(SOOO)cc(C(=O)OCCC2CCCCC2)c1. The van der Waals surface area contributed by atoms with Crippen molar-refractivity contribution >= 4 is 24.0 Å². The smallest absolute Gasteiger partial charge is 0.338 e. The van der Waals surface area contributed by atoms with Crippen LogP contribution in [0.1, 0.15) is 98.8 Å². The maximum Gasteiger partial charge on any atom is 0.338 e. The molecule has 8 heteroatoms. The molecule has 1 saturated carbocycles. The summed E-state index contributed by atoms with van der Waals surface area (Å²) in [4.78, 5) is 25.5. The molecule has 1 atom stereocenters. The van der Waals surface area contributed by atoms with E-state index in [1.54, 1.807) is 0 Å². The molecule has 32 heavy (non-hydrogen) atoms. The summed E-state index contributed by atoms with van der Waals surface area (Å²) < 4.78 is 15.3. The van der Waals surface area contributed by atoms with Gasteiger partial charge in [-0.1, -0.05) is 70.3 Å². The molecule has 0 bridgehead atoms. The lowest BCUT2D eigenvalue weighted by Crippen LogP contribution is -2.14. The van der Waals surface area contributed by atoms with Gasteiger partial charge in [0.1, 0.15) is 0 Å². The largest absolute Gasteiger partial charge is 0.462 e. The summed E-state index contributed by atoms with van der Waals surface area (Å²) in [7, 11) is 0. The Morgan fingerprint density at radius 1 is 1.03 bits per heavy atom. The van der Waals surface area contributed by atoms with Crippen LogP contribution >= 0.6 is 12.0 Å². The van der Waals surface area contributed by atoms with E-state index in [2.05, 4.69) is 23.2 Å². The average molecular weight is 469 g/mol. The van der Waals surface area contributed by atoms with E-state index in [0.29, 0.717) is 42.0 Å². The summed E-state index contributed by atoms with van der Waals surface area (Å²) in [5, 5.41) is 12.1. The fourth-order valence-corrected chi connectivity index (χ4v) is 4.41. The van der Waals surface area contributed by atoms with Crippen molar-refractivity contribution in [1.82, 2.24) is 0 Å². The number of unbranched alkanes of at least 4 members (excludes halogenated alkanes) is 1. The van der Waals surface area contributed by atoms with Gasteiger partial charge in [-0.25, -0.2) is 14.8 Å². The molecule has 1 aliphatic carbocycles. The standard InChI is InChI=1S/C24H36O7S/c1-3-4-8-18(2)11-13-28-23(25)20-15-21(17-22(16-20)32-31-30-27)24(26)29-14-12-19-9-6-5-7-10-19/h15-19,27H,3-14H2,1-2H3. The molecule has 2 rings (SSSR count). The molecule has 1 aliphatic rings. The minimum atomic E-state index is -0.517. The third-order valence-electron chi connectivity index (χ3n) is 5.92. The summed E-state index contributed by atoms with van der Waals surface area (Å²) in [6.07, 6.45) is 11.2. The summed E-state index contributed by atoms with van der Waals surface area (Å²) in [5.74, 6) is 0.0694. The number of ether oxygens (including phenoxy) is 2. The number of esters is 2. The van der Waals surface area contributed by atoms with Crippen molar-refractivity contribution in [1.29, 1.82) is 0 Å². The van der Waals surface area contributed by atoms with Crippen LogP contribution in [0.2, 0.25) is 0 Å². The number of hydrogen-bond donors (Lipinski definition) is 1. The molecule has 0 aliphatic heterocycles. The van der Waals surface area contributed by atoms with Crippen molar-refractivity contribution in [2.45, 2.75) is 83.0 Å². The second kappa shape index (κ2) is 15.3. The first-order chi connectivity index (χ1) is 15.5. The Morgan fingerprint density at radius 3 is 2.31 bits per heavy atom. The van der Waals surface area contributed by atoms with Gasteiger partial charge in [-0.3, -0.25) is 0 Å². The maximum absolute atomic E-state index is 12.6. The van der Waals surface area contributed by atoms with Crippen molar-refractivity contribution < 1.29 is 33.7 Å². The number of hydrogen-bond acceptors (Lipinski definition) is 8. The molecule has 0 radical (unpaired) electrons. The van der Waals surface area contributed by atoms with Crippen LogP contribution in [0.5, 0.6) is 0 Å². The molecule has 1 fully saturated rings. The van der Waals surface area contributed by atoms with Crippen LogP contribution in [0.4, 0.5) is 0 Å². The zero-order valence-electron chi connectivity index (χ0n) is 19.2. The highest BCUT2D eigenvalue weighted by atomic mass is 32.2. The third kappa shape index (κ3) is 9.90. The van der Waals surface area contributed by atoms with Gasteiger partial charge in [-0.2, -0.15) is 0 Å². The Kier molecular flexibility index (Phi) is 12.7. The Morgan fingerprint density at radius 2 is 1.69 bits per heavy atom. The molecular weight excluding hydrogens is 432 g/mol. The van der Waals surface area contributed by atoms with Gasteiger partial charge in [0.25, 0.3) is 0 Å². The molecule has 1 N–H and O–H groups in total. The van der Waals surface area contributed by atoms with Crippen LogP contribution in [-0.2, 0) is 18.8 Å². The normalized spacial score (nSPS) is 15.3. The van der Waals surface area contributed by atoms with E-state index in [1.165, 1.54) is 50.3 Å². The Balaban J connectivity index is 1.94. The summed E-state index contributed by atoms with van der Waals surface area (Å²) in [6.45, 7) is 4.97. The van der Waals surface area contributed by atoms with E-state index >= 15 is 0 Å². The Labute approximate surface area is 195 Å². The number of benzene rings is 1. The highest BCUT2D eigenvalue weighted by molar-refractivity contribution is 7.94. The lowest BCUT2D eigenvalue weighted by atomic mass is 9.87. The molecule has 0 aromatic heterocycles. The van der Waals surface area contributed by atoms with Crippen LogP contribution in [0, 0.1) is 11.8 Å². The van der Waals surface area contributed by atoms with Gasteiger partial charge in [0.05, 0.1) is 36.4 Å². The first-order valence-electron chi connectivity index (χ1n) is 11.7. The quantitative estimate of drug-likeness (QED) is 0.141. The van der Waals surface area contributed by atoms with Crippen LogP contribution in [0.3, 0.4) is 0 Å². The summed E-state index contributed by atoms with van der Waals surface area (Å²) in [6, 6.07) is 4.51. The zero-order valence-corrected chi connectivity index (χ0v) is 20.0. The highest BCUT2D eigenvalue weighted by Gasteiger charge is 2.18. The number of rotatable bonds is 14. The van der Waals surface area contributed by atoms with Gasteiger partial charge < -0.3 is 9.47 Å². The molecule has 180 valence electrons. The van der Waals surface area contributed by atoms with Gasteiger partial charge in [0, 0.05) is 4.90 Å². The summed E-state index contributed by atoms with van der Waals surface area (Å²) >= 11 is 0.680. The molecule has 0 saturated heterocycles. The van der Waals surface area contributed by atoms with E-state index in [9.17, 15) is 9.59 Å². The monoisotopic (exact) mass is 468 g/mol. The van der Waals surface area contributed by atoms with E-state index in [-0.39, 0.29) is 11.1 Å². The van der Waals surface area contributed by atoms with Crippen molar-refractivity contribution in [3.63, 3.8) is 0 Å². The van der Waals surface area contributed by atoms with Crippen molar-refractivity contribution in [3.05, 3.63) is 29.3 Å². The summed E-state index contributed by atoms with van der Waals surface area (Å²) in [5.41, 5.74) is 0.445. The van der Waals surface area contributed by atoms with Gasteiger partial charge in [-0.05, 0) is 42.9 Å². The molecule has 0 spiro atoms. The first-order valence-corrected chi connectivity index (χ1v) is 12.4. The predicted molar refractivity (Wildman–Crippen MR) is 122 cm³/mol. The van der Waals surface area contributed by atoms with Crippen molar-refractivity contribution in [2.75, 3.05) is 13.2 Å². The molecular formula is C24H36O7S. The molecule has 1 aromatic rings. The Bertz CT molecular complexity index is 704. The van der Waals surface area contributed by atoms with Gasteiger partial charge in [-0.15, -0.1) is 4.33 Å². The third-order valence-corrected chi connectivity index (χ3v) is 6.47.